The highest BCUT2D eigenvalue weighted by Gasteiger charge is 2.44. The van der Waals surface area contributed by atoms with E-state index in [4.69, 9.17) is 4.74 Å². The van der Waals surface area contributed by atoms with Crippen molar-refractivity contribution in [3.63, 3.8) is 0 Å². The number of nitrogens with zero attached hydrogens (tertiary/aromatic N) is 1. The van der Waals surface area contributed by atoms with Crippen LogP contribution in [0.1, 0.15) is 57.1 Å². The molecule has 0 radical (unpaired) electrons. The Morgan fingerprint density at radius 1 is 1.09 bits per heavy atom. The number of fused-ring (bicyclic) bond motifs is 3. The molecule has 2 unspecified atom stereocenters. The van der Waals surface area contributed by atoms with E-state index in [1.165, 1.54) is 4.90 Å². The molecule has 0 saturated carbocycles. The number of aliphatic carboxylic acids is 1. The van der Waals surface area contributed by atoms with Crippen molar-refractivity contribution < 1.29 is 24.2 Å². The summed E-state index contributed by atoms with van der Waals surface area (Å²) in [4.78, 5) is 38.7. The van der Waals surface area contributed by atoms with Gasteiger partial charge in [0.25, 0.3) is 0 Å². The predicted molar refractivity (Wildman–Crippen MR) is 128 cm³/mol. The first-order valence-corrected chi connectivity index (χ1v) is 11.8. The van der Waals surface area contributed by atoms with E-state index >= 15 is 0 Å². The minimum absolute atomic E-state index is 0.0179. The zero-order valence-corrected chi connectivity index (χ0v) is 19.9. The molecule has 1 saturated heterocycles. The van der Waals surface area contributed by atoms with E-state index in [0.717, 1.165) is 35.1 Å². The second-order valence-corrected chi connectivity index (χ2v) is 10.00. The molecule has 0 spiro atoms. The number of nitrogens with one attached hydrogen (secondary N) is 1. The van der Waals surface area contributed by atoms with Gasteiger partial charge in [-0.2, -0.15) is 0 Å². The Bertz CT molecular complexity index is 1050. The van der Waals surface area contributed by atoms with Crippen LogP contribution in [0.5, 0.6) is 0 Å². The molecule has 4 rings (SSSR count). The van der Waals surface area contributed by atoms with Gasteiger partial charge < -0.3 is 20.1 Å². The normalized spacial score (nSPS) is 19.6. The zero-order valence-electron chi connectivity index (χ0n) is 19.9. The molecule has 1 heterocycles. The van der Waals surface area contributed by atoms with Crippen molar-refractivity contribution in [2.24, 2.45) is 5.41 Å². The lowest BCUT2D eigenvalue weighted by Crippen LogP contribution is -2.57. The molecule has 2 aliphatic rings. The van der Waals surface area contributed by atoms with Crippen LogP contribution in [0.2, 0.25) is 0 Å². The Hall–Kier alpha value is -3.35. The van der Waals surface area contributed by atoms with E-state index in [-0.39, 0.29) is 24.9 Å². The van der Waals surface area contributed by atoms with E-state index in [2.05, 4.69) is 29.6 Å². The summed E-state index contributed by atoms with van der Waals surface area (Å²) in [5.41, 5.74) is 4.08. The number of benzene rings is 2. The Balaban J connectivity index is 1.34. The van der Waals surface area contributed by atoms with Crippen LogP contribution in [0.4, 0.5) is 4.79 Å². The van der Waals surface area contributed by atoms with Crippen molar-refractivity contribution in [1.29, 1.82) is 0 Å². The van der Waals surface area contributed by atoms with Gasteiger partial charge in [-0.15, -0.1) is 0 Å². The Labute approximate surface area is 200 Å². The monoisotopic (exact) mass is 464 g/mol. The third-order valence-corrected chi connectivity index (χ3v) is 7.02. The Kier molecular flexibility index (Phi) is 6.64. The predicted octanol–water partition coefficient (Wildman–Crippen LogP) is 4.41. The summed E-state index contributed by atoms with van der Waals surface area (Å²) in [7, 11) is 0. The fourth-order valence-corrected chi connectivity index (χ4v) is 5.40. The topological polar surface area (TPSA) is 95.9 Å². The standard InChI is InChI=1S/C27H32N2O5/c1-17(15-23(30)29-14-8-13-27(2,3)24(29)25(31)32)28-26(33)34-16-22-20-11-6-4-9-18(20)19-10-5-7-12-21(19)22/h4-7,9-12,17,22,24H,8,13-16H2,1-3H3,(H,28,33)(H,31,32). The van der Waals surface area contributed by atoms with Gasteiger partial charge in [-0.3, -0.25) is 4.79 Å². The maximum Gasteiger partial charge on any atom is 0.407 e. The molecule has 2 aromatic carbocycles. The highest BCUT2D eigenvalue weighted by Crippen LogP contribution is 2.44. The minimum Gasteiger partial charge on any atom is -0.480 e. The van der Waals surface area contributed by atoms with Crippen LogP contribution in [0.25, 0.3) is 11.1 Å². The summed E-state index contributed by atoms with van der Waals surface area (Å²) in [6.45, 7) is 6.09. The van der Waals surface area contributed by atoms with E-state index < -0.39 is 29.6 Å². The van der Waals surface area contributed by atoms with Crippen LogP contribution in [0, 0.1) is 5.41 Å². The second-order valence-electron chi connectivity index (χ2n) is 10.00. The van der Waals surface area contributed by atoms with Crippen molar-refractivity contribution in [1.82, 2.24) is 10.2 Å². The van der Waals surface area contributed by atoms with Crippen LogP contribution >= 0.6 is 0 Å². The van der Waals surface area contributed by atoms with Crippen molar-refractivity contribution >= 4 is 18.0 Å². The van der Waals surface area contributed by atoms with Gasteiger partial charge in [0.15, 0.2) is 0 Å². The summed E-state index contributed by atoms with van der Waals surface area (Å²) in [5.74, 6) is -1.30. The molecule has 2 N–H and O–H groups in total. The summed E-state index contributed by atoms with van der Waals surface area (Å²) in [6.07, 6.45) is 0.943. The SMILES string of the molecule is CC(CC(=O)N1CCCC(C)(C)C1C(=O)O)NC(=O)OCC1c2ccccc2-c2ccccc21. The quantitative estimate of drug-likeness (QED) is 0.660. The van der Waals surface area contributed by atoms with E-state index in [0.29, 0.717) is 6.54 Å². The number of piperidine rings is 1. The fourth-order valence-electron chi connectivity index (χ4n) is 5.40. The molecule has 1 aliphatic heterocycles. The zero-order chi connectivity index (χ0) is 24.5. The number of rotatable bonds is 6. The molecule has 2 atom stereocenters. The number of alkyl carbamates (subject to hydrolysis) is 1. The number of carboxylic acids is 1. The van der Waals surface area contributed by atoms with Gasteiger partial charge in [0.05, 0.1) is 0 Å². The lowest BCUT2D eigenvalue weighted by Gasteiger charge is -2.44. The van der Waals surface area contributed by atoms with Crippen molar-refractivity contribution in [3.8, 4) is 11.1 Å². The van der Waals surface area contributed by atoms with Gasteiger partial charge in [-0.1, -0.05) is 62.4 Å². The lowest BCUT2D eigenvalue weighted by molar-refractivity contribution is -0.159. The molecule has 7 nitrogen and oxygen atoms in total. The molecule has 0 aromatic heterocycles. The molecule has 2 amide bonds. The highest BCUT2D eigenvalue weighted by atomic mass is 16.5. The lowest BCUT2D eigenvalue weighted by atomic mass is 9.76. The first-order chi connectivity index (χ1) is 16.2. The van der Waals surface area contributed by atoms with Crippen molar-refractivity contribution in [3.05, 3.63) is 59.7 Å². The van der Waals surface area contributed by atoms with Gasteiger partial charge in [-0.25, -0.2) is 9.59 Å². The van der Waals surface area contributed by atoms with Crippen LogP contribution in [0.15, 0.2) is 48.5 Å². The second kappa shape index (κ2) is 9.49. The number of carboxylic acid groups (broad SMARTS) is 1. The van der Waals surface area contributed by atoms with Crippen LogP contribution in [-0.2, 0) is 14.3 Å². The number of hydrogen-bond acceptors (Lipinski definition) is 4. The maximum atomic E-state index is 12.9. The van der Waals surface area contributed by atoms with E-state index in [1.54, 1.807) is 6.92 Å². The number of carbonyl (C=O) groups is 3. The first-order valence-electron chi connectivity index (χ1n) is 11.8. The van der Waals surface area contributed by atoms with Crippen LogP contribution in [-0.4, -0.2) is 53.2 Å². The number of likely N-dealkylation sites (tertiary alicyclic amines) is 1. The molecule has 0 bridgehead atoms. The van der Waals surface area contributed by atoms with E-state index in [1.807, 2.05) is 38.1 Å². The average Bonchev–Trinajstić information content (AvgIpc) is 3.10. The molecular formula is C27H32N2O5. The van der Waals surface area contributed by atoms with E-state index in [9.17, 15) is 19.5 Å². The number of hydrogen-bond donors (Lipinski definition) is 2. The summed E-state index contributed by atoms with van der Waals surface area (Å²) >= 11 is 0. The van der Waals surface area contributed by atoms with Gasteiger partial charge in [-0.05, 0) is 47.4 Å². The van der Waals surface area contributed by atoms with Crippen LogP contribution in [0.3, 0.4) is 0 Å². The molecule has 7 heteroatoms. The maximum absolute atomic E-state index is 12.9. The van der Waals surface area contributed by atoms with Crippen molar-refractivity contribution in [2.45, 2.75) is 58.0 Å². The molecule has 1 aliphatic carbocycles. The summed E-state index contributed by atoms with van der Waals surface area (Å²) in [6, 6.07) is 14.9. The smallest absolute Gasteiger partial charge is 0.407 e. The molecule has 34 heavy (non-hydrogen) atoms. The number of carbonyl (C=O) groups excluding carboxylic acids is 2. The molecule has 180 valence electrons. The largest absolute Gasteiger partial charge is 0.480 e. The number of ether oxygens (including phenoxy) is 1. The first kappa shape index (κ1) is 23.8. The summed E-state index contributed by atoms with van der Waals surface area (Å²) < 4.78 is 5.56. The number of amides is 2. The summed E-state index contributed by atoms with van der Waals surface area (Å²) in [5, 5.41) is 12.4. The Morgan fingerprint density at radius 3 is 2.26 bits per heavy atom. The van der Waals surface area contributed by atoms with Crippen LogP contribution < -0.4 is 5.32 Å². The molecule has 2 aromatic rings. The Morgan fingerprint density at radius 2 is 1.68 bits per heavy atom. The van der Waals surface area contributed by atoms with Gasteiger partial charge in [0.1, 0.15) is 12.6 Å². The van der Waals surface area contributed by atoms with Gasteiger partial charge >= 0.3 is 12.1 Å². The fraction of sp³-hybridized carbons (Fsp3) is 0.444. The third-order valence-electron chi connectivity index (χ3n) is 7.02. The van der Waals surface area contributed by atoms with Crippen molar-refractivity contribution in [2.75, 3.05) is 13.2 Å². The highest BCUT2D eigenvalue weighted by molar-refractivity contribution is 5.85. The molecule has 1 fully saturated rings. The minimum atomic E-state index is -0.991. The van der Waals surface area contributed by atoms with Gasteiger partial charge in [0, 0.05) is 24.9 Å². The average molecular weight is 465 g/mol. The van der Waals surface area contributed by atoms with Gasteiger partial charge in [0.2, 0.25) is 5.91 Å². The third kappa shape index (κ3) is 4.65. The molecular weight excluding hydrogens is 432 g/mol.